The van der Waals surface area contributed by atoms with E-state index in [0.717, 1.165) is 5.56 Å². The second kappa shape index (κ2) is 5.87. The van der Waals surface area contributed by atoms with E-state index in [1.54, 1.807) is 6.07 Å². The Morgan fingerprint density at radius 3 is 2.71 bits per heavy atom. The van der Waals surface area contributed by atoms with Gasteiger partial charge in [-0.25, -0.2) is 4.79 Å². The van der Waals surface area contributed by atoms with E-state index in [-0.39, 0.29) is 6.61 Å². The lowest BCUT2D eigenvalue weighted by atomic mass is 10.1. The van der Waals surface area contributed by atoms with Gasteiger partial charge in [-0.2, -0.15) is 5.26 Å². The van der Waals surface area contributed by atoms with Gasteiger partial charge in [-0.05, 0) is 12.5 Å². The summed E-state index contributed by atoms with van der Waals surface area (Å²) in [5.41, 5.74) is -0.460. The van der Waals surface area contributed by atoms with Crippen molar-refractivity contribution in [3.05, 3.63) is 35.9 Å². The van der Waals surface area contributed by atoms with Crippen molar-refractivity contribution in [2.24, 2.45) is 0 Å². The average Bonchev–Trinajstić information content (AvgIpc) is 2.37. The van der Waals surface area contributed by atoms with Gasteiger partial charge in [-0.15, -0.1) is 0 Å². The van der Waals surface area contributed by atoms with E-state index < -0.39 is 18.2 Å². The van der Waals surface area contributed by atoms with E-state index in [0.29, 0.717) is 0 Å². The summed E-state index contributed by atoms with van der Waals surface area (Å²) in [6, 6.07) is 11.0. The Morgan fingerprint density at radius 1 is 1.53 bits per heavy atom. The van der Waals surface area contributed by atoms with E-state index >= 15 is 0 Å². The predicted octanol–water partition coefficient (Wildman–Crippen LogP) is 1.19. The van der Waals surface area contributed by atoms with Gasteiger partial charge in [0.05, 0.1) is 12.7 Å². The minimum atomic E-state index is -1.31. The largest absolute Gasteiger partial charge is 0.445 e. The van der Waals surface area contributed by atoms with Crippen LogP contribution in [0.25, 0.3) is 0 Å². The van der Waals surface area contributed by atoms with E-state index in [2.05, 4.69) is 5.32 Å². The highest BCUT2D eigenvalue weighted by atomic mass is 16.5. The lowest BCUT2D eigenvalue weighted by molar-refractivity contribution is 0.122. The fraction of sp³-hybridized carbons (Fsp3) is 0.333. The summed E-state index contributed by atoms with van der Waals surface area (Å²) in [6.45, 7) is 1.07. The zero-order valence-electron chi connectivity index (χ0n) is 9.51. The van der Waals surface area contributed by atoms with Crippen LogP contribution in [-0.4, -0.2) is 23.3 Å². The van der Waals surface area contributed by atoms with Crippen LogP contribution in [0.5, 0.6) is 0 Å². The third-order valence-electron chi connectivity index (χ3n) is 2.15. The summed E-state index contributed by atoms with van der Waals surface area (Å²) >= 11 is 0. The summed E-state index contributed by atoms with van der Waals surface area (Å²) in [5, 5.41) is 20.0. The molecule has 0 aromatic heterocycles. The molecule has 0 aliphatic rings. The van der Waals surface area contributed by atoms with Crippen molar-refractivity contribution in [3.63, 3.8) is 0 Å². The molecule has 90 valence electrons. The van der Waals surface area contributed by atoms with Crippen LogP contribution < -0.4 is 5.32 Å². The molecule has 0 radical (unpaired) electrons. The molecular weight excluding hydrogens is 220 g/mol. The molecular formula is C12H14N2O3. The number of carbonyl (C=O) groups excluding carboxylic acids is 1. The van der Waals surface area contributed by atoms with Gasteiger partial charge in [0.25, 0.3) is 0 Å². The zero-order chi connectivity index (χ0) is 12.7. The van der Waals surface area contributed by atoms with E-state index in [1.807, 2.05) is 30.3 Å². The van der Waals surface area contributed by atoms with Crippen molar-refractivity contribution >= 4 is 6.09 Å². The van der Waals surface area contributed by atoms with Gasteiger partial charge in [0, 0.05) is 0 Å². The second-order valence-corrected chi connectivity index (χ2v) is 3.79. The molecule has 0 spiro atoms. The maximum absolute atomic E-state index is 11.4. The van der Waals surface area contributed by atoms with Crippen molar-refractivity contribution in [2.45, 2.75) is 19.1 Å². The zero-order valence-corrected chi connectivity index (χ0v) is 9.51. The minimum absolute atomic E-state index is 0.125. The molecule has 0 saturated heterocycles. The van der Waals surface area contributed by atoms with Crippen molar-refractivity contribution < 1.29 is 14.6 Å². The normalized spacial score (nSPS) is 13.2. The van der Waals surface area contributed by atoms with E-state index in [4.69, 9.17) is 15.1 Å². The summed E-state index contributed by atoms with van der Waals surface area (Å²) in [6.07, 6.45) is -0.730. The van der Waals surface area contributed by atoms with Crippen LogP contribution in [0.15, 0.2) is 30.3 Å². The van der Waals surface area contributed by atoms with Gasteiger partial charge in [0.15, 0.2) is 5.54 Å². The van der Waals surface area contributed by atoms with Crippen LogP contribution in [0.1, 0.15) is 12.5 Å². The molecule has 0 fully saturated rings. The first-order valence-corrected chi connectivity index (χ1v) is 5.10. The van der Waals surface area contributed by atoms with Crippen molar-refractivity contribution in [2.75, 3.05) is 6.61 Å². The number of alkyl carbamates (subject to hydrolysis) is 1. The topological polar surface area (TPSA) is 82.4 Å². The van der Waals surface area contributed by atoms with Crippen LogP contribution >= 0.6 is 0 Å². The van der Waals surface area contributed by atoms with Crippen LogP contribution in [0.3, 0.4) is 0 Å². The number of nitrogens with zero attached hydrogens (tertiary/aromatic N) is 1. The van der Waals surface area contributed by atoms with Crippen LogP contribution in [0.2, 0.25) is 0 Å². The van der Waals surface area contributed by atoms with Crippen LogP contribution in [0, 0.1) is 11.3 Å². The Kier molecular flexibility index (Phi) is 4.49. The van der Waals surface area contributed by atoms with E-state index in [1.165, 1.54) is 6.92 Å². The lowest BCUT2D eigenvalue weighted by Crippen LogP contribution is -2.47. The Labute approximate surface area is 99.6 Å². The first-order valence-electron chi connectivity index (χ1n) is 5.10. The molecule has 0 bridgehead atoms. The molecule has 1 aromatic rings. The van der Waals surface area contributed by atoms with Gasteiger partial charge in [0.1, 0.15) is 6.61 Å². The minimum Gasteiger partial charge on any atom is -0.445 e. The molecule has 2 N–H and O–H groups in total. The average molecular weight is 234 g/mol. The first kappa shape index (κ1) is 13.0. The molecule has 5 nitrogen and oxygen atoms in total. The summed E-state index contributed by atoms with van der Waals surface area (Å²) in [4.78, 5) is 11.4. The first-order chi connectivity index (χ1) is 8.09. The molecule has 1 amide bonds. The standard InChI is InChI=1S/C12H14N2O3/c1-12(8-13,9-15)14-11(16)17-7-10-5-3-2-4-6-10/h2-6,15H,7,9H2,1H3,(H,14,16). The summed E-state index contributed by atoms with van der Waals surface area (Å²) in [5.74, 6) is 0. The number of carbonyl (C=O) groups is 1. The summed E-state index contributed by atoms with van der Waals surface area (Å²) < 4.78 is 4.92. The molecule has 0 saturated carbocycles. The molecule has 1 rings (SSSR count). The summed E-state index contributed by atoms with van der Waals surface area (Å²) in [7, 11) is 0. The molecule has 1 unspecified atom stereocenters. The van der Waals surface area contributed by atoms with Crippen LogP contribution in [0.4, 0.5) is 4.79 Å². The molecule has 5 heteroatoms. The smallest absolute Gasteiger partial charge is 0.408 e. The monoisotopic (exact) mass is 234 g/mol. The Balaban J connectivity index is 2.44. The molecule has 1 atom stereocenters. The quantitative estimate of drug-likeness (QED) is 0.819. The Morgan fingerprint density at radius 2 is 2.18 bits per heavy atom. The Bertz CT molecular complexity index is 414. The fourth-order valence-corrected chi connectivity index (χ4v) is 1.09. The number of ether oxygens (including phenoxy) is 1. The number of nitriles is 1. The van der Waals surface area contributed by atoms with Crippen molar-refractivity contribution in [3.8, 4) is 6.07 Å². The maximum atomic E-state index is 11.4. The van der Waals surface area contributed by atoms with Crippen molar-refractivity contribution in [1.29, 1.82) is 5.26 Å². The molecule has 0 aliphatic heterocycles. The van der Waals surface area contributed by atoms with Gasteiger partial charge in [0.2, 0.25) is 0 Å². The number of nitrogens with one attached hydrogen (secondary N) is 1. The highest BCUT2D eigenvalue weighted by Gasteiger charge is 2.25. The number of aliphatic hydroxyl groups is 1. The molecule has 17 heavy (non-hydrogen) atoms. The van der Waals surface area contributed by atoms with Gasteiger partial charge in [-0.3, -0.25) is 0 Å². The lowest BCUT2D eigenvalue weighted by Gasteiger charge is -2.19. The maximum Gasteiger partial charge on any atom is 0.408 e. The van der Waals surface area contributed by atoms with Gasteiger partial charge in [-0.1, -0.05) is 30.3 Å². The molecule has 1 aromatic carbocycles. The SMILES string of the molecule is CC(C#N)(CO)NC(=O)OCc1ccccc1. The highest BCUT2D eigenvalue weighted by Crippen LogP contribution is 2.03. The number of hydrogen-bond acceptors (Lipinski definition) is 4. The fourth-order valence-electron chi connectivity index (χ4n) is 1.09. The number of rotatable bonds is 4. The van der Waals surface area contributed by atoms with Crippen molar-refractivity contribution in [1.82, 2.24) is 5.32 Å². The Hall–Kier alpha value is -2.06. The van der Waals surface area contributed by atoms with Crippen LogP contribution in [-0.2, 0) is 11.3 Å². The third kappa shape index (κ3) is 4.13. The van der Waals surface area contributed by atoms with E-state index in [9.17, 15) is 4.79 Å². The number of aliphatic hydroxyl groups excluding tert-OH is 1. The molecule has 0 aliphatic carbocycles. The third-order valence-corrected chi connectivity index (χ3v) is 2.15. The number of amides is 1. The molecule has 0 heterocycles. The highest BCUT2D eigenvalue weighted by molar-refractivity contribution is 5.68. The number of hydrogen-bond donors (Lipinski definition) is 2. The number of benzene rings is 1. The second-order valence-electron chi connectivity index (χ2n) is 3.79. The predicted molar refractivity (Wildman–Crippen MR) is 60.9 cm³/mol. The van der Waals surface area contributed by atoms with Gasteiger partial charge < -0.3 is 15.2 Å². The van der Waals surface area contributed by atoms with Gasteiger partial charge >= 0.3 is 6.09 Å².